The summed E-state index contributed by atoms with van der Waals surface area (Å²) in [6.07, 6.45) is 4.03. The molecule has 0 spiro atoms. The van der Waals surface area contributed by atoms with E-state index in [1.165, 1.54) is 25.7 Å². The molecule has 2 heterocycles. The smallest absolute Gasteiger partial charge is 0.313 e. The maximum atomic E-state index is 11.7. The molecule has 0 unspecified atom stereocenters. The number of esters is 2. The van der Waals surface area contributed by atoms with E-state index in [9.17, 15) is 14.4 Å². The number of nitrogens with zero attached hydrogens (tertiary/aromatic N) is 2. The molecule has 2 aliphatic rings. The van der Waals surface area contributed by atoms with Crippen LogP contribution in [0.5, 0.6) is 0 Å². The number of carbonyl (C=O) groups excluding carboxylic acids is 3. The van der Waals surface area contributed by atoms with Gasteiger partial charge in [0, 0.05) is 13.1 Å². The summed E-state index contributed by atoms with van der Waals surface area (Å²) < 4.78 is 10.1. The van der Waals surface area contributed by atoms with Crippen LogP contribution in [0, 0.1) is 0 Å². The van der Waals surface area contributed by atoms with Crippen molar-refractivity contribution in [2.75, 3.05) is 52.5 Å². The Morgan fingerprint density at radius 3 is 1.42 bits per heavy atom. The molecule has 0 radical (unpaired) electrons. The number of Topliss-reactive ketones (excluding diaryl/α,β-unsaturated/α-hetero) is 1. The number of ether oxygens (including phenoxy) is 2. The fourth-order valence-electron chi connectivity index (χ4n) is 3.08. The van der Waals surface area contributed by atoms with Crippen molar-refractivity contribution < 1.29 is 23.9 Å². The first-order valence-electron chi connectivity index (χ1n) is 8.91. The number of ketones is 1. The zero-order chi connectivity index (χ0) is 17.2. The van der Waals surface area contributed by atoms with Crippen molar-refractivity contribution in [1.82, 2.24) is 9.80 Å². The number of rotatable bonds is 10. The molecule has 2 saturated heterocycles. The van der Waals surface area contributed by atoms with Crippen LogP contribution in [0.25, 0.3) is 0 Å². The fraction of sp³-hybridized carbons (Fsp3) is 0.824. The normalized spacial score (nSPS) is 18.7. The van der Waals surface area contributed by atoms with E-state index in [-0.39, 0.29) is 12.8 Å². The Bertz CT molecular complexity index is 391. The van der Waals surface area contributed by atoms with Crippen molar-refractivity contribution in [3.05, 3.63) is 0 Å². The number of hydrogen-bond acceptors (Lipinski definition) is 7. The van der Waals surface area contributed by atoms with Crippen LogP contribution in [0.3, 0.4) is 0 Å². The zero-order valence-electron chi connectivity index (χ0n) is 14.3. The summed E-state index contributed by atoms with van der Waals surface area (Å²) in [5.41, 5.74) is 0. The molecule has 0 aliphatic carbocycles. The van der Waals surface area contributed by atoms with E-state index in [0.717, 1.165) is 26.2 Å². The molecular formula is C17H28N2O5. The van der Waals surface area contributed by atoms with Gasteiger partial charge in [0.2, 0.25) is 0 Å². The molecule has 0 amide bonds. The first kappa shape index (κ1) is 18.9. The minimum Gasteiger partial charge on any atom is -0.464 e. The number of hydrogen-bond donors (Lipinski definition) is 0. The Balaban J connectivity index is 1.49. The van der Waals surface area contributed by atoms with Gasteiger partial charge in [-0.2, -0.15) is 0 Å². The third-order valence-electron chi connectivity index (χ3n) is 4.42. The van der Waals surface area contributed by atoms with E-state index < -0.39 is 17.7 Å². The van der Waals surface area contributed by atoms with Gasteiger partial charge in [0.1, 0.15) is 26.1 Å². The van der Waals surface area contributed by atoms with E-state index in [1.54, 1.807) is 0 Å². The summed E-state index contributed by atoms with van der Waals surface area (Å²) in [7, 11) is 0. The monoisotopic (exact) mass is 340 g/mol. The van der Waals surface area contributed by atoms with Gasteiger partial charge in [-0.05, 0) is 51.9 Å². The van der Waals surface area contributed by atoms with Gasteiger partial charge in [-0.1, -0.05) is 0 Å². The molecule has 2 rings (SSSR count). The maximum absolute atomic E-state index is 11.7. The highest BCUT2D eigenvalue weighted by atomic mass is 16.5. The molecule has 0 aromatic heterocycles. The minimum absolute atomic E-state index is 0.298. The van der Waals surface area contributed by atoms with Gasteiger partial charge in [-0.25, -0.2) is 0 Å². The van der Waals surface area contributed by atoms with Crippen molar-refractivity contribution in [2.24, 2.45) is 0 Å². The third-order valence-corrected chi connectivity index (χ3v) is 4.42. The van der Waals surface area contributed by atoms with Gasteiger partial charge >= 0.3 is 11.9 Å². The standard InChI is InChI=1S/C17H28N2O5/c20-15(13-16(21)23-11-9-18-5-1-2-6-18)14-17(22)24-12-10-19-7-3-4-8-19/h1-14H2. The average Bonchev–Trinajstić information content (AvgIpc) is 3.20. The van der Waals surface area contributed by atoms with Crippen LogP contribution in [0.4, 0.5) is 0 Å². The lowest BCUT2D eigenvalue weighted by atomic mass is 10.2. The Hall–Kier alpha value is -1.47. The van der Waals surface area contributed by atoms with Crippen LogP contribution >= 0.6 is 0 Å². The summed E-state index contributed by atoms with van der Waals surface area (Å²) in [5.74, 6) is -1.58. The molecule has 2 aliphatic heterocycles. The van der Waals surface area contributed by atoms with Crippen molar-refractivity contribution in [1.29, 1.82) is 0 Å². The van der Waals surface area contributed by atoms with Gasteiger partial charge < -0.3 is 9.47 Å². The van der Waals surface area contributed by atoms with Crippen molar-refractivity contribution in [2.45, 2.75) is 38.5 Å². The second-order valence-corrected chi connectivity index (χ2v) is 6.43. The predicted molar refractivity (Wildman–Crippen MR) is 87.5 cm³/mol. The van der Waals surface area contributed by atoms with Crippen LogP contribution < -0.4 is 0 Å². The maximum Gasteiger partial charge on any atom is 0.313 e. The molecule has 0 aromatic rings. The van der Waals surface area contributed by atoms with Crippen molar-refractivity contribution in [3.8, 4) is 0 Å². The largest absolute Gasteiger partial charge is 0.464 e. The molecule has 0 saturated carbocycles. The third kappa shape index (κ3) is 7.40. The van der Waals surface area contributed by atoms with Gasteiger partial charge in [0.25, 0.3) is 0 Å². The highest BCUT2D eigenvalue weighted by Crippen LogP contribution is 2.07. The molecule has 0 bridgehead atoms. The van der Waals surface area contributed by atoms with E-state index in [4.69, 9.17) is 9.47 Å². The van der Waals surface area contributed by atoms with E-state index >= 15 is 0 Å². The lowest BCUT2D eigenvalue weighted by Gasteiger charge is -2.14. The van der Waals surface area contributed by atoms with E-state index in [0.29, 0.717) is 26.3 Å². The molecule has 0 N–H and O–H groups in total. The average molecular weight is 340 g/mol. The molecule has 0 atom stereocenters. The summed E-state index contributed by atoms with van der Waals surface area (Å²) in [6.45, 7) is 6.18. The van der Waals surface area contributed by atoms with Crippen LogP contribution in [0.1, 0.15) is 38.5 Å². The van der Waals surface area contributed by atoms with Crippen LogP contribution in [0.15, 0.2) is 0 Å². The van der Waals surface area contributed by atoms with Crippen LogP contribution in [-0.4, -0.2) is 80.0 Å². The zero-order valence-corrected chi connectivity index (χ0v) is 14.3. The minimum atomic E-state index is -0.566. The summed E-state index contributed by atoms with van der Waals surface area (Å²) >= 11 is 0. The molecule has 7 nitrogen and oxygen atoms in total. The lowest BCUT2D eigenvalue weighted by molar-refractivity contribution is -0.149. The van der Waals surface area contributed by atoms with Gasteiger partial charge in [-0.15, -0.1) is 0 Å². The second-order valence-electron chi connectivity index (χ2n) is 6.43. The fourth-order valence-corrected chi connectivity index (χ4v) is 3.08. The topological polar surface area (TPSA) is 76.2 Å². The summed E-state index contributed by atoms with van der Waals surface area (Å²) in [5, 5.41) is 0. The summed E-state index contributed by atoms with van der Waals surface area (Å²) in [4.78, 5) is 39.3. The Labute approximate surface area is 143 Å². The molecule has 2 fully saturated rings. The molecular weight excluding hydrogens is 312 g/mol. The Morgan fingerprint density at radius 2 is 1.04 bits per heavy atom. The number of carbonyl (C=O) groups is 3. The van der Waals surface area contributed by atoms with Crippen molar-refractivity contribution >= 4 is 17.7 Å². The summed E-state index contributed by atoms with van der Waals surface area (Å²) in [6, 6.07) is 0. The van der Waals surface area contributed by atoms with E-state index in [2.05, 4.69) is 9.80 Å². The SMILES string of the molecule is O=C(CC(=O)OCCN1CCCC1)CC(=O)OCCN1CCCC1. The lowest BCUT2D eigenvalue weighted by Crippen LogP contribution is -2.26. The number of likely N-dealkylation sites (tertiary alicyclic amines) is 2. The second kappa shape index (κ2) is 10.4. The van der Waals surface area contributed by atoms with Gasteiger partial charge in [-0.3, -0.25) is 24.2 Å². The highest BCUT2D eigenvalue weighted by Gasteiger charge is 2.18. The first-order chi connectivity index (χ1) is 11.6. The van der Waals surface area contributed by atoms with E-state index in [1.807, 2.05) is 0 Å². The van der Waals surface area contributed by atoms with Gasteiger partial charge in [0.05, 0.1) is 0 Å². The molecule has 0 aromatic carbocycles. The Morgan fingerprint density at radius 1 is 0.667 bits per heavy atom. The van der Waals surface area contributed by atoms with Crippen LogP contribution in [0.2, 0.25) is 0 Å². The van der Waals surface area contributed by atoms with Crippen molar-refractivity contribution in [3.63, 3.8) is 0 Å². The van der Waals surface area contributed by atoms with Crippen LogP contribution in [-0.2, 0) is 23.9 Å². The highest BCUT2D eigenvalue weighted by molar-refractivity contribution is 6.03. The van der Waals surface area contributed by atoms with Gasteiger partial charge in [0.15, 0.2) is 5.78 Å². The quantitative estimate of drug-likeness (QED) is 0.426. The first-order valence-corrected chi connectivity index (χ1v) is 8.91. The predicted octanol–water partition coefficient (Wildman–Crippen LogP) is 0.614. The molecule has 24 heavy (non-hydrogen) atoms. The molecule has 7 heteroatoms. The molecule has 136 valence electrons. The Kier molecular flexibility index (Phi) is 8.18.